The lowest BCUT2D eigenvalue weighted by Crippen LogP contribution is -2.34. The number of carbonyl (C=O) groups is 2. The van der Waals surface area contributed by atoms with Gasteiger partial charge in [0.25, 0.3) is 11.8 Å². The number of hydrogen-bond donors (Lipinski definition) is 1. The zero-order valence-corrected chi connectivity index (χ0v) is 16.3. The average molecular weight is 400 g/mol. The van der Waals surface area contributed by atoms with Crippen molar-refractivity contribution in [2.75, 3.05) is 25.1 Å². The number of imide groups is 1. The van der Waals surface area contributed by atoms with Crippen molar-refractivity contribution in [1.29, 1.82) is 0 Å². The van der Waals surface area contributed by atoms with Gasteiger partial charge in [0.2, 0.25) is 0 Å². The molecular weight excluding hydrogens is 378 g/mol. The molecule has 0 aliphatic carbocycles. The van der Waals surface area contributed by atoms with Crippen LogP contribution in [0.2, 0.25) is 0 Å². The molecule has 3 rings (SSSR count). The predicted octanol–water partition coefficient (Wildman–Crippen LogP) is 3.89. The Morgan fingerprint density at radius 3 is 2.38 bits per heavy atom. The summed E-state index contributed by atoms with van der Waals surface area (Å²) in [4.78, 5) is 27.1. The van der Waals surface area contributed by atoms with Crippen LogP contribution in [0, 0.1) is 18.6 Å². The average Bonchev–Trinajstić information content (AvgIpc) is 2.93. The van der Waals surface area contributed by atoms with Crippen molar-refractivity contribution in [3.05, 3.63) is 70.9 Å². The lowest BCUT2D eigenvalue weighted by Gasteiger charge is -2.15. The molecule has 0 radical (unpaired) electrons. The Hall–Kier alpha value is -3.06. The molecule has 2 aromatic rings. The summed E-state index contributed by atoms with van der Waals surface area (Å²) >= 11 is 0. The van der Waals surface area contributed by atoms with Gasteiger partial charge in [-0.25, -0.2) is 8.78 Å². The van der Waals surface area contributed by atoms with E-state index in [4.69, 9.17) is 4.74 Å². The first-order valence-corrected chi connectivity index (χ1v) is 9.39. The Labute approximate surface area is 168 Å². The molecular formula is C22H22F2N2O3. The molecule has 0 spiro atoms. The maximum atomic E-state index is 13.6. The van der Waals surface area contributed by atoms with Gasteiger partial charge in [0, 0.05) is 31.5 Å². The number of carbonyl (C=O) groups excluding carboxylic acids is 2. The van der Waals surface area contributed by atoms with Crippen LogP contribution < -0.4 is 5.32 Å². The Morgan fingerprint density at radius 1 is 1.00 bits per heavy atom. The van der Waals surface area contributed by atoms with Crippen LogP contribution in [0.3, 0.4) is 0 Å². The maximum absolute atomic E-state index is 13.6. The first kappa shape index (κ1) is 20.7. The Balaban J connectivity index is 1.95. The molecule has 1 heterocycles. The third-order valence-electron chi connectivity index (χ3n) is 4.57. The van der Waals surface area contributed by atoms with Crippen LogP contribution in [0.15, 0.2) is 48.2 Å². The summed E-state index contributed by atoms with van der Waals surface area (Å²) in [6, 6.07) is 10.4. The molecule has 2 amide bonds. The highest BCUT2D eigenvalue weighted by molar-refractivity contribution is 6.36. The van der Waals surface area contributed by atoms with Crippen LogP contribution in [0.25, 0.3) is 5.57 Å². The van der Waals surface area contributed by atoms with Crippen molar-refractivity contribution in [2.45, 2.75) is 20.3 Å². The van der Waals surface area contributed by atoms with Gasteiger partial charge in [0.05, 0.1) is 5.57 Å². The van der Waals surface area contributed by atoms with Crippen LogP contribution in [0.1, 0.15) is 24.5 Å². The lowest BCUT2D eigenvalue weighted by atomic mass is 10.0. The number of amides is 2. The van der Waals surface area contributed by atoms with Gasteiger partial charge in [-0.15, -0.1) is 0 Å². The van der Waals surface area contributed by atoms with Gasteiger partial charge < -0.3 is 10.1 Å². The number of ether oxygens (including phenoxy) is 1. The van der Waals surface area contributed by atoms with Crippen molar-refractivity contribution < 1.29 is 23.1 Å². The van der Waals surface area contributed by atoms with Crippen LogP contribution in [0.4, 0.5) is 14.5 Å². The number of hydrogen-bond acceptors (Lipinski definition) is 4. The van der Waals surface area contributed by atoms with E-state index in [9.17, 15) is 18.4 Å². The molecule has 5 nitrogen and oxygen atoms in total. The van der Waals surface area contributed by atoms with E-state index in [1.807, 2.05) is 26.0 Å². The van der Waals surface area contributed by atoms with E-state index >= 15 is 0 Å². The molecule has 0 saturated heterocycles. The topological polar surface area (TPSA) is 58.6 Å². The molecule has 0 saturated carbocycles. The fourth-order valence-corrected chi connectivity index (χ4v) is 3.07. The summed E-state index contributed by atoms with van der Waals surface area (Å²) in [5.74, 6) is -2.97. The summed E-state index contributed by atoms with van der Waals surface area (Å²) in [6.45, 7) is 4.97. The van der Waals surface area contributed by atoms with E-state index in [1.165, 1.54) is 6.07 Å². The molecule has 1 N–H and O–H groups in total. The standard InChI is InChI=1S/C22H22F2N2O3/c1-3-29-12-4-11-26-21(27)19(15-7-5-14(2)6-8-15)20(22(26)28)25-16-9-10-17(23)18(24)13-16/h5-10,13,25H,3-4,11-12H2,1-2H3. The Bertz CT molecular complexity index is 955. The van der Waals surface area contributed by atoms with Gasteiger partial charge in [0.1, 0.15) is 5.70 Å². The number of rotatable bonds is 8. The first-order valence-electron chi connectivity index (χ1n) is 9.39. The van der Waals surface area contributed by atoms with Gasteiger partial charge >= 0.3 is 0 Å². The molecule has 0 atom stereocenters. The second-order valence-electron chi connectivity index (χ2n) is 6.68. The zero-order valence-electron chi connectivity index (χ0n) is 16.3. The fraction of sp³-hybridized carbons (Fsp3) is 0.273. The minimum Gasteiger partial charge on any atom is -0.382 e. The Morgan fingerprint density at radius 2 is 1.72 bits per heavy atom. The van der Waals surface area contributed by atoms with Crippen molar-refractivity contribution in [3.63, 3.8) is 0 Å². The molecule has 0 fully saturated rings. The molecule has 1 aliphatic rings. The summed E-state index contributed by atoms with van der Waals surface area (Å²) in [7, 11) is 0. The predicted molar refractivity (Wildman–Crippen MR) is 106 cm³/mol. The normalized spacial score (nSPS) is 14.1. The van der Waals surface area contributed by atoms with E-state index in [1.54, 1.807) is 12.1 Å². The van der Waals surface area contributed by atoms with Crippen LogP contribution >= 0.6 is 0 Å². The molecule has 0 bridgehead atoms. The Kier molecular flexibility index (Phi) is 6.39. The quantitative estimate of drug-likeness (QED) is 0.540. The molecule has 1 aliphatic heterocycles. The number of nitrogens with one attached hydrogen (secondary N) is 1. The second kappa shape index (κ2) is 8.96. The zero-order chi connectivity index (χ0) is 21.0. The van der Waals surface area contributed by atoms with Gasteiger partial charge in [-0.2, -0.15) is 0 Å². The molecule has 0 aromatic heterocycles. The minimum absolute atomic E-state index is 0.0428. The van der Waals surface area contributed by atoms with Gasteiger partial charge in [-0.1, -0.05) is 29.8 Å². The second-order valence-corrected chi connectivity index (χ2v) is 6.68. The molecule has 2 aromatic carbocycles. The van der Waals surface area contributed by atoms with Crippen molar-refractivity contribution in [1.82, 2.24) is 4.90 Å². The minimum atomic E-state index is -1.04. The van der Waals surface area contributed by atoms with Crippen molar-refractivity contribution >= 4 is 23.1 Å². The monoisotopic (exact) mass is 400 g/mol. The highest BCUT2D eigenvalue weighted by Crippen LogP contribution is 2.31. The number of aryl methyl sites for hydroxylation is 1. The fourth-order valence-electron chi connectivity index (χ4n) is 3.07. The lowest BCUT2D eigenvalue weighted by molar-refractivity contribution is -0.137. The highest BCUT2D eigenvalue weighted by Gasteiger charge is 2.38. The summed E-state index contributed by atoms with van der Waals surface area (Å²) in [6.07, 6.45) is 0.505. The number of anilines is 1. The summed E-state index contributed by atoms with van der Waals surface area (Å²) in [5, 5.41) is 2.81. The van der Waals surface area contributed by atoms with E-state index in [0.717, 1.165) is 22.6 Å². The number of halogens is 2. The molecule has 152 valence electrons. The number of benzene rings is 2. The smallest absolute Gasteiger partial charge is 0.278 e. The van der Waals surface area contributed by atoms with Gasteiger partial charge in [0.15, 0.2) is 11.6 Å². The van der Waals surface area contributed by atoms with Crippen LogP contribution in [-0.2, 0) is 14.3 Å². The summed E-state index contributed by atoms with van der Waals surface area (Å²) < 4.78 is 32.1. The summed E-state index contributed by atoms with van der Waals surface area (Å²) in [5.41, 5.74) is 2.01. The molecule has 29 heavy (non-hydrogen) atoms. The third kappa shape index (κ3) is 4.51. The third-order valence-corrected chi connectivity index (χ3v) is 4.57. The van der Waals surface area contributed by atoms with Crippen molar-refractivity contribution in [2.24, 2.45) is 0 Å². The van der Waals surface area contributed by atoms with Crippen LogP contribution in [-0.4, -0.2) is 36.5 Å². The SMILES string of the molecule is CCOCCCN1C(=O)C(Nc2ccc(F)c(F)c2)=C(c2ccc(C)cc2)C1=O. The maximum Gasteiger partial charge on any atom is 0.278 e. The van der Waals surface area contributed by atoms with E-state index in [-0.39, 0.29) is 23.5 Å². The molecule has 0 unspecified atom stereocenters. The highest BCUT2D eigenvalue weighted by atomic mass is 19.2. The molecule has 7 heteroatoms. The van der Waals surface area contributed by atoms with E-state index in [2.05, 4.69) is 5.32 Å². The number of nitrogens with zero attached hydrogens (tertiary/aromatic N) is 1. The van der Waals surface area contributed by atoms with Gasteiger partial charge in [-0.3, -0.25) is 14.5 Å². The van der Waals surface area contributed by atoms with E-state index < -0.39 is 23.4 Å². The van der Waals surface area contributed by atoms with Gasteiger partial charge in [-0.05, 0) is 38.0 Å². The van der Waals surface area contributed by atoms with Crippen molar-refractivity contribution in [3.8, 4) is 0 Å². The van der Waals surface area contributed by atoms with E-state index in [0.29, 0.717) is 25.2 Å². The first-order chi connectivity index (χ1) is 13.9. The van der Waals surface area contributed by atoms with Crippen LogP contribution in [0.5, 0.6) is 0 Å². The largest absolute Gasteiger partial charge is 0.382 e.